The topological polar surface area (TPSA) is 73.9 Å². The van der Waals surface area contributed by atoms with Gasteiger partial charge in [0.25, 0.3) is 0 Å². The molecule has 1 aliphatic carbocycles. The average molecular weight is 456 g/mol. The maximum absolute atomic E-state index is 12.6. The standard InChI is InChI=1S/C28H25NO5/c1-3-16-33-20-14-12-19(13-15-20)17-26(27(30)32-2)29-28(31)34-18-25-23-10-6-4-8-21(23)22-9-5-7-11-24(22)25/h1,4-15,25-26H,16-18H2,2H3,(H,29,31)/t26-/m0/s1. The van der Waals surface area contributed by atoms with Crippen LogP contribution in [0.2, 0.25) is 0 Å². The quantitative estimate of drug-likeness (QED) is 0.405. The summed E-state index contributed by atoms with van der Waals surface area (Å²) in [6.45, 7) is 0.336. The first-order valence-electron chi connectivity index (χ1n) is 10.9. The van der Waals surface area contributed by atoms with Gasteiger partial charge in [0.15, 0.2) is 0 Å². The summed E-state index contributed by atoms with van der Waals surface area (Å²) in [5.41, 5.74) is 5.35. The van der Waals surface area contributed by atoms with Gasteiger partial charge in [-0.1, -0.05) is 66.6 Å². The first kappa shape index (κ1) is 22.9. The van der Waals surface area contributed by atoms with Crippen LogP contribution in [0.4, 0.5) is 4.79 Å². The molecular formula is C28H25NO5. The normalized spacial score (nSPS) is 12.6. The number of methoxy groups -OCH3 is 1. The second kappa shape index (κ2) is 10.6. The molecule has 1 atom stereocenters. The number of fused-ring (bicyclic) bond motifs is 3. The lowest BCUT2D eigenvalue weighted by Crippen LogP contribution is -2.43. The number of benzene rings is 3. The van der Waals surface area contributed by atoms with E-state index in [1.54, 1.807) is 24.3 Å². The Morgan fingerprint density at radius 2 is 1.59 bits per heavy atom. The lowest BCUT2D eigenvalue weighted by Gasteiger charge is -2.18. The van der Waals surface area contributed by atoms with Crippen molar-refractivity contribution < 1.29 is 23.8 Å². The van der Waals surface area contributed by atoms with E-state index in [1.165, 1.54) is 7.11 Å². The molecule has 0 aromatic heterocycles. The minimum Gasteiger partial charge on any atom is -0.481 e. The number of ether oxygens (including phenoxy) is 3. The molecule has 0 spiro atoms. The van der Waals surface area contributed by atoms with Crippen LogP contribution in [0.1, 0.15) is 22.6 Å². The monoisotopic (exact) mass is 455 g/mol. The number of carbonyl (C=O) groups excluding carboxylic acids is 2. The second-order valence-electron chi connectivity index (χ2n) is 7.89. The highest BCUT2D eigenvalue weighted by atomic mass is 16.6. The van der Waals surface area contributed by atoms with Gasteiger partial charge < -0.3 is 19.5 Å². The Hall–Kier alpha value is -4.24. The highest BCUT2D eigenvalue weighted by Crippen LogP contribution is 2.44. The Morgan fingerprint density at radius 3 is 2.18 bits per heavy atom. The van der Waals surface area contributed by atoms with Gasteiger partial charge in [-0.25, -0.2) is 9.59 Å². The Morgan fingerprint density at radius 1 is 0.971 bits per heavy atom. The van der Waals surface area contributed by atoms with E-state index in [9.17, 15) is 9.59 Å². The van der Waals surface area contributed by atoms with E-state index >= 15 is 0 Å². The summed E-state index contributed by atoms with van der Waals surface area (Å²) in [4.78, 5) is 24.9. The maximum atomic E-state index is 12.6. The third-order valence-corrected chi connectivity index (χ3v) is 5.81. The number of nitrogens with one attached hydrogen (secondary N) is 1. The first-order chi connectivity index (χ1) is 16.6. The van der Waals surface area contributed by atoms with Crippen molar-refractivity contribution in [2.45, 2.75) is 18.4 Å². The van der Waals surface area contributed by atoms with E-state index < -0.39 is 18.1 Å². The minimum atomic E-state index is -0.891. The van der Waals surface area contributed by atoms with Crippen LogP contribution in [0.25, 0.3) is 11.1 Å². The SMILES string of the molecule is C#CCOc1ccc(C[C@H](NC(=O)OCC2c3ccccc3-c3ccccc32)C(=O)OC)cc1. The molecule has 1 aliphatic rings. The fourth-order valence-corrected chi connectivity index (χ4v) is 4.20. The zero-order valence-corrected chi connectivity index (χ0v) is 18.8. The largest absolute Gasteiger partial charge is 0.481 e. The molecule has 0 heterocycles. The zero-order chi connectivity index (χ0) is 23.9. The molecular weight excluding hydrogens is 430 g/mol. The van der Waals surface area contributed by atoms with Crippen LogP contribution in [-0.2, 0) is 20.7 Å². The first-order valence-corrected chi connectivity index (χ1v) is 10.9. The number of alkyl carbamates (subject to hydrolysis) is 1. The van der Waals surface area contributed by atoms with Gasteiger partial charge in [-0.3, -0.25) is 0 Å². The van der Waals surface area contributed by atoms with Gasteiger partial charge in [0.2, 0.25) is 0 Å². The van der Waals surface area contributed by atoms with Crippen LogP contribution in [0.5, 0.6) is 5.75 Å². The predicted octanol–water partition coefficient (Wildman–Crippen LogP) is 4.32. The molecule has 0 aliphatic heterocycles. The van der Waals surface area contributed by atoms with Gasteiger partial charge in [-0.05, 0) is 39.9 Å². The van der Waals surface area contributed by atoms with E-state index in [4.69, 9.17) is 20.6 Å². The summed E-state index contributed by atoms with van der Waals surface area (Å²) < 4.78 is 15.8. The van der Waals surface area contributed by atoms with Crippen molar-refractivity contribution in [1.29, 1.82) is 0 Å². The van der Waals surface area contributed by atoms with Crippen molar-refractivity contribution in [3.63, 3.8) is 0 Å². The summed E-state index contributed by atoms with van der Waals surface area (Å²) >= 11 is 0. The highest BCUT2D eigenvalue weighted by molar-refractivity contribution is 5.82. The Bertz CT molecular complexity index is 1170. The molecule has 6 heteroatoms. The maximum Gasteiger partial charge on any atom is 0.407 e. The number of terminal acetylenes is 1. The van der Waals surface area contributed by atoms with Crippen molar-refractivity contribution in [2.75, 3.05) is 20.3 Å². The van der Waals surface area contributed by atoms with E-state index in [2.05, 4.69) is 35.5 Å². The van der Waals surface area contributed by atoms with Crippen LogP contribution in [-0.4, -0.2) is 38.4 Å². The number of rotatable bonds is 8. The molecule has 4 rings (SSSR count). The number of hydrogen-bond acceptors (Lipinski definition) is 5. The van der Waals surface area contributed by atoms with Crippen LogP contribution in [0.3, 0.4) is 0 Å². The van der Waals surface area contributed by atoms with Crippen LogP contribution in [0.15, 0.2) is 72.8 Å². The van der Waals surface area contributed by atoms with E-state index in [0.29, 0.717) is 5.75 Å². The van der Waals surface area contributed by atoms with Crippen LogP contribution in [0, 0.1) is 12.3 Å². The summed E-state index contributed by atoms with van der Waals surface area (Å²) in [6, 6.07) is 22.4. The van der Waals surface area contributed by atoms with Crippen LogP contribution >= 0.6 is 0 Å². The van der Waals surface area contributed by atoms with Gasteiger partial charge in [-0.2, -0.15) is 0 Å². The van der Waals surface area contributed by atoms with Crippen molar-refractivity contribution in [2.24, 2.45) is 0 Å². The fourth-order valence-electron chi connectivity index (χ4n) is 4.20. The molecule has 3 aromatic rings. The summed E-state index contributed by atoms with van der Waals surface area (Å²) in [5, 5.41) is 2.64. The highest BCUT2D eigenvalue weighted by Gasteiger charge is 2.30. The van der Waals surface area contributed by atoms with E-state index in [1.807, 2.05) is 24.3 Å². The van der Waals surface area contributed by atoms with Crippen molar-refractivity contribution in [3.05, 3.63) is 89.5 Å². The molecule has 0 unspecified atom stereocenters. The minimum absolute atomic E-state index is 0.0646. The van der Waals surface area contributed by atoms with E-state index in [-0.39, 0.29) is 25.6 Å². The smallest absolute Gasteiger partial charge is 0.407 e. The molecule has 172 valence electrons. The molecule has 0 saturated heterocycles. The Labute approximate surface area is 198 Å². The molecule has 0 radical (unpaired) electrons. The molecule has 3 aromatic carbocycles. The second-order valence-corrected chi connectivity index (χ2v) is 7.89. The third kappa shape index (κ3) is 5.05. The molecule has 0 saturated carbocycles. The van der Waals surface area contributed by atoms with Gasteiger partial charge in [0, 0.05) is 12.3 Å². The molecule has 6 nitrogen and oxygen atoms in total. The number of hydrogen-bond donors (Lipinski definition) is 1. The predicted molar refractivity (Wildman–Crippen MR) is 128 cm³/mol. The summed E-state index contributed by atoms with van der Waals surface area (Å²) in [7, 11) is 1.28. The number of carbonyl (C=O) groups is 2. The fraction of sp³-hybridized carbons (Fsp3) is 0.214. The van der Waals surface area contributed by atoms with Gasteiger partial charge in [-0.15, -0.1) is 6.42 Å². The van der Waals surface area contributed by atoms with Gasteiger partial charge in [0.05, 0.1) is 7.11 Å². The molecule has 1 N–H and O–H groups in total. The Balaban J connectivity index is 1.40. The van der Waals surface area contributed by atoms with Crippen molar-refractivity contribution in [3.8, 4) is 29.2 Å². The average Bonchev–Trinajstić information content (AvgIpc) is 3.20. The number of amides is 1. The summed E-state index contributed by atoms with van der Waals surface area (Å²) in [6.07, 6.45) is 4.77. The van der Waals surface area contributed by atoms with Crippen molar-refractivity contribution in [1.82, 2.24) is 5.32 Å². The summed E-state index contributed by atoms with van der Waals surface area (Å²) in [5.74, 6) is 2.41. The van der Waals surface area contributed by atoms with Gasteiger partial charge in [0.1, 0.15) is 25.0 Å². The molecule has 34 heavy (non-hydrogen) atoms. The zero-order valence-electron chi connectivity index (χ0n) is 18.8. The van der Waals surface area contributed by atoms with Gasteiger partial charge >= 0.3 is 12.1 Å². The number of esters is 1. The Kier molecular flexibility index (Phi) is 7.14. The molecule has 1 amide bonds. The van der Waals surface area contributed by atoms with Crippen molar-refractivity contribution >= 4 is 12.1 Å². The molecule has 0 bridgehead atoms. The van der Waals surface area contributed by atoms with Crippen LogP contribution < -0.4 is 10.1 Å². The lowest BCUT2D eigenvalue weighted by molar-refractivity contribution is -0.143. The lowest BCUT2D eigenvalue weighted by atomic mass is 9.98. The van der Waals surface area contributed by atoms with E-state index in [0.717, 1.165) is 27.8 Å². The third-order valence-electron chi connectivity index (χ3n) is 5.81. The molecule has 0 fully saturated rings.